The topological polar surface area (TPSA) is 106 Å². The van der Waals surface area contributed by atoms with Gasteiger partial charge in [0.1, 0.15) is 5.82 Å². The molecule has 1 amide bonds. The summed E-state index contributed by atoms with van der Waals surface area (Å²) in [6.07, 6.45) is 3.82. The number of hydrogen-bond acceptors (Lipinski definition) is 5. The van der Waals surface area contributed by atoms with Crippen LogP contribution in [-0.2, 0) is 11.2 Å². The first kappa shape index (κ1) is 20.5. The largest absolute Gasteiger partial charge is 0.325 e. The fraction of sp³-hybridized carbons (Fsp3) is 0.261. The van der Waals surface area contributed by atoms with Gasteiger partial charge >= 0.3 is 0 Å². The third-order valence-electron chi connectivity index (χ3n) is 5.08. The number of aromatic nitrogens is 5. The predicted molar refractivity (Wildman–Crippen MR) is 120 cm³/mol. The van der Waals surface area contributed by atoms with Crippen LogP contribution in [0.5, 0.6) is 0 Å². The Labute approximate surface area is 179 Å². The number of benzene rings is 1. The molecule has 0 fully saturated rings. The van der Waals surface area contributed by atoms with Crippen molar-refractivity contribution in [2.45, 2.75) is 39.7 Å². The standard InChI is InChI=1S/C23H24N6O2/c1-14(2)29-22-17(12-25-29)11-18(13-24-22)27-20(30)10-9-19-15(3)26-21(28-23(19)31)16-7-5-4-6-8-16/h4-8,11-14H,9-10H2,1-3H3,(H,27,30)(H,26,28,31). The molecule has 0 aliphatic heterocycles. The molecule has 0 saturated heterocycles. The normalized spacial score (nSPS) is 11.2. The Hall–Kier alpha value is -3.81. The number of aromatic amines is 1. The van der Waals surface area contributed by atoms with Crippen LogP contribution in [-0.4, -0.2) is 30.6 Å². The molecule has 31 heavy (non-hydrogen) atoms. The Morgan fingerprint density at radius 2 is 1.97 bits per heavy atom. The van der Waals surface area contributed by atoms with Crippen LogP contribution in [0.4, 0.5) is 5.69 Å². The lowest BCUT2D eigenvalue weighted by atomic mass is 10.1. The summed E-state index contributed by atoms with van der Waals surface area (Å²) in [5.74, 6) is 0.334. The molecule has 2 N–H and O–H groups in total. The van der Waals surface area contributed by atoms with E-state index in [4.69, 9.17) is 0 Å². The van der Waals surface area contributed by atoms with Gasteiger partial charge in [-0.15, -0.1) is 0 Å². The number of hydrogen-bond donors (Lipinski definition) is 2. The van der Waals surface area contributed by atoms with Gasteiger partial charge in [-0.05, 0) is 33.3 Å². The quantitative estimate of drug-likeness (QED) is 0.499. The zero-order chi connectivity index (χ0) is 22.0. The van der Waals surface area contributed by atoms with Crippen LogP contribution in [0.1, 0.15) is 37.6 Å². The van der Waals surface area contributed by atoms with E-state index in [0.29, 0.717) is 29.2 Å². The van der Waals surface area contributed by atoms with Gasteiger partial charge in [-0.2, -0.15) is 5.10 Å². The maximum absolute atomic E-state index is 12.6. The number of H-pyrrole nitrogens is 1. The van der Waals surface area contributed by atoms with E-state index in [1.807, 2.05) is 54.9 Å². The second-order valence-corrected chi connectivity index (χ2v) is 7.71. The Balaban J connectivity index is 1.44. The predicted octanol–water partition coefficient (Wildman–Crippen LogP) is 3.64. The fourth-order valence-corrected chi connectivity index (χ4v) is 3.49. The lowest BCUT2D eigenvalue weighted by Crippen LogP contribution is -2.20. The van der Waals surface area contributed by atoms with Crippen molar-refractivity contribution in [3.63, 3.8) is 0 Å². The molecule has 0 saturated carbocycles. The minimum Gasteiger partial charge on any atom is -0.325 e. The number of fused-ring (bicyclic) bond motifs is 1. The first-order chi connectivity index (χ1) is 14.9. The molecule has 4 rings (SSSR count). The van der Waals surface area contributed by atoms with Gasteiger partial charge in [0, 0.05) is 34.7 Å². The van der Waals surface area contributed by atoms with Gasteiger partial charge in [0.05, 0.1) is 18.1 Å². The summed E-state index contributed by atoms with van der Waals surface area (Å²) in [4.78, 5) is 36.8. The summed E-state index contributed by atoms with van der Waals surface area (Å²) in [5.41, 5.74) is 3.14. The van der Waals surface area contributed by atoms with E-state index in [1.165, 1.54) is 0 Å². The first-order valence-corrected chi connectivity index (χ1v) is 10.2. The molecule has 4 aromatic rings. The Morgan fingerprint density at radius 3 is 2.68 bits per heavy atom. The van der Waals surface area contributed by atoms with Crippen molar-refractivity contribution in [1.82, 2.24) is 24.7 Å². The van der Waals surface area contributed by atoms with Crippen LogP contribution in [0.3, 0.4) is 0 Å². The van der Waals surface area contributed by atoms with Gasteiger partial charge in [-0.3, -0.25) is 9.59 Å². The maximum atomic E-state index is 12.6. The average molecular weight is 416 g/mol. The van der Waals surface area contributed by atoms with Crippen molar-refractivity contribution in [2.24, 2.45) is 0 Å². The van der Waals surface area contributed by atoms with Crippen LogP contribution >= 0.6 is 0 Å². The van der Waals surface area contributed by atoms with E-state index in [2.05, 4.69) is 25.4 Å². The van der Waals surface area contributed by atoms with Crippen molar-refractivity contribution in [1.29, 1.82) is 0 Å². The lowest BCUT2D eigenvalue weighted by Gasteiger charge is -2.09. The fourth-order valence-electron chi connectivity index (χ4n) is 3.49. The molecule has 158 valence electrons. The molecule has 1 aromatic carbocycles. The van der Waals surface area contributed by atoms with Gasteiger partial charge in [0.25, 0.3) is 5.56 Å². The van der Waals surface area contributed by atoms with Crippen molar-refractivity contribution < 1.29 is 4.79 Å². The number of carbonyl (C=O) groups excluding carboxylic acids is 1. The maximum Gasteiger partial charge on any atom is 0.254 e. The van der Waals surface area contributed by atoms with Crippen molar-refractivity contribution >= 4 is 22.6 Å². The summed E-state index contributed by atoms with van der Waals surface area (Å²) < 4.78 is 1.84. The van der Waals surface area contributed by atoms with Gasteiger partial charge < -0.3 is 10.3 Å². The number of anilines is 1. The van der Waals surface area contributed by atoms with Gasteiger partial charge in [-0.25, -0.2) is 14.6 Å². The lowest BCUT2D eigenvalue weighted by molar-refractivity contribution is -0.116. The number of aryl methyl sites for hydroxylation is 1. The molecule has 3 aromatic heterocycles. The van der Waals surface area contributed by atoms with Crippen molar-refractivity contribution in [2.75, 3.05) is 5.32 Å². The molecule has 8 heteroatoms. The highest BCUT2D eigenvalue weighted by atomic mass is 16.1. The smallest absolute Gasteiger partial charge is 0.254 e. The van der Waals surface area contributed by atoms with Crippen LogP contribution in [0.15, 0.2) is 53.6 Å². The number of nitrogens with zero attached hydrogens (tertiary/aromatic N) is 4. The molecular formula is C23H24N6O2. The third kappa shape index (κ3) is 4.37. The van der Waals surface area contributed by atoms with Crippen LogP contribution in [0.2, 0.25) is 0 Å². The van der Waals surface area contributed by atoms with E-state index < -0.39 is 0 Å². The number of carbonyl (C=O) groups is 1. The molecule has 3 heterocycles. The summed E-state index contributed by atoms with van der Waals surface area (Å²) in [5, 5.41) is 8.04. The van der Waals surface area contributed by atoms with E-state index in [0.717, 1.165) is 16.6 Å². The van der Waals surface area contributed by atoms with Crippen molar-refractivity contribution in [3.8, 4) is 11.4 Å². The highest BCUT2D eigenvalue weighted by Crippen LogP contribution is 2.19. The second kappa shape index (κ2) is 8.51. The molecule has 0 atom stereocenters. The van der Waals surface area contributed by atoms with E-state index in [1.54, 1.807) is 19.3 Å². The molecule has 0 spiro atoms. The monoisotopic (exact) mass is 416 g/mol. The number of nitrogens with one attached hydrogen (secondary N) is 2. The molecule has 0 radical (unpaired) electrons. The zero-order valence-electron chi connectivity index (χ0n) is 17.7. The van der Waals surface area contributed by atoms with Gasteiger partial charge in [0.15, 0.2) is 5.65 Å². The van der Waals surface area contributed by atoms with Crippen LogP contribution < -0.4 is 10.9 Å². The number of rotatable bonds is 6. The van der Waals surface area contributed by atoms with Gasteiger partial charge in [0.2, 0.25) is 5.91 Å². The Kier molecular flexibility index (Phi) is 5.62. The zero-order valence-corrected chi connectivity index (χ0v) is 17.7. The molecule has 0 bridgehead atoms. The Morgan fingerprint density at radius 1 is 1.19 bits per heavy atom. The third-order valence-corrected chi connectivity index (χ3v) is 5.08. The molecule has 0 aliphatic carbocycles. The summed E-state index contributed by atoms with van der Waals surface area (Å²) in [6, 6.07) is 11.5. The summed E-state index contributed by atoms with van der Waals surface area (Å²) in [7, 11) is 0. The SMILES string of the molecule is Cc1nc(-c2ccccc2)[nH]c(=O)c1CCC(=O)Nc1cnc2c(cnn2C(C)C)c1. The van der Waals surface area contributed by atoms with Crippen molar-refractivity contribution in [3.05, 3.63) is 70.4 Å². The Bertz CT molecular complexity index is 1290. The number of pyridine rings is 1. The summed E-state index contributed by atoms with van der Waals surface area (Å²) in [6.45, 7) is 5.86. The van der Waals surface area contributed by atoms with Crippen LogP contribution in [0.25, 0.3) is 22.4 Å². The minimum absolute atomic E-state index is 0.166. The van der Waals surface area contributed by atoms with E-state index in [9.17, 15) is 9.59 Å². The molecule has 0 aliphatic rings. The molecular weight excluding hydrogens is 392 g/mol. The first-order valence-electron chi connectivity index (χ1n) is 10.2. The van der Waals surface area contributed by atoms with E-state index >= 15 is 0 Å². The average Bonchev–Trinajstić information content (AvgIpc) is 3.17. The molecule has 8 nitrogen and oxygen atoms in total. The van der Waals surface area contributed by atoms with Gasteiger partial charge in [-0.1, -0.05) is 30.3 Å². The highest BCUT2D eigenvalue weighted by molar-refractivity contribution is 5.92. The molecule has 0 unspecified atom stereocenters. The second-order valence-electron chi connectivity index (χ2n) is 7.71. The number of amides is 1. The summed E-state index contributed by atoms with van der Waals surface area (Å²) >= 11 is 0. The van der Waals surface area contributed by atoms with Crippen LogP contribution in [0, 0.1) is 6.92 Å². The van der Waals surface area contributed by atoms with E-state index in [-0.39, 0.29) is 23.9 Å². The minimum atomic E-state index is -0.219. The highest BCUT2D eigenvalue weighted by Gasteiger charge is 2.13.